The van der Waals surface area contributed by atoms with Crippen molar-refractivity contribution in [2.45, 2.75) is 45.4 Å². The maximum absolute atomic E-state index is 12.9. The van der Waals surface area contributed by atoms with Crippen LogP contribution in [0.3, 0.4) is 0 Å². The van der Waals surface area contributed by atoms with Gasteiger partial charge in [-0.15, -0.1) is 0 Å². The van der Waals surface area contributed by atoms with E-state index in [4.69, 9.17) is 5.11 Å². The average molecular weight is 263 g/mol. The fourth-order valence-electron chi connectivity index (χ4n) is 6.16. The summed E-state index contributed by atoms with van der Waals surface area (Å²) in [7, 11) is 0. The van der Waals surface area contributed by atoms with E-state index in [-0.39, 0.29) is 12.0 Å². The van der Waals surface area contributed by atoms with Gasteiger partial charge in [-0.1, -0.05) is 6.92 Å². The van der Waals surface area contributed by atoms with E-state index in [0.717, 1.165) is 44.2 Å². The van der Waals surface area contributed by atoms with Crippen LogP contribution in [0.1, 0.15) is 45.4 Å². The van der Waals surface area contributed by atoms with E-state index in [0.29, 0.717) is 17.2 Å². The number of nitrogens with zero attached hydrogens (tertiary/aromatic N) is 1. The van der Waals surface area contributed by atoms with Crippen molar-refractivity contribution < 1.29 is 9.90 Å². The van der Waals surface area contributed by atoms with E-state index < -0.39 is 0 Å². The number of aliphatic hydroxyl groups is 1. The Labute approximate surface area is 115 Å². The van der Waals surface area contributed by atoms with Crippen LogP contribution in [-0.4, -0.2) is 35.6 Å². The summed E-state index contributed by atoms with van der Waals surface area (Å²) in [6.07, 6.45) is 7.53. The molecule has 1 aliphatic heterocycles. The van der Waals surface area contributed by atoms with Gasteiger partial charge in [0.25, 0.3) is 0 Å². The number of hydrogen-bond donors (Lipinski definition) is 1. The number of aliphatic hydroxyl groups excluding tert-OH is 1. The SMILES string of the molecule is CC12CC3CC(C1)CC(C(=O)N1CC(CO)C1)(C3)C2. The summed E-state index contributed by atoms with van der Waals surface area (Å²) in [5, 5.41) is 9.12. The van der Waals surface area contributed by atoms with E-state index in [1.165, 1.54) is 19.3 Å². The minimum Gasteiger partial charge on any atom is -0.396 e. The van der Waals surface area contributed by atoms with Gasteiger partial charge < -0.3 is 10.0 Å². The van der Waals surface area contributed by atoms with E-state index in [1.54, 1.807) is 0 Å². The highest BCUT2D eigenvalue weighted by molar-refractivity contribution is 5.84. The monoisotopic (exact) mass is 263 g/mol. The number of hydrogen-bond acceptors (Lipinski definition) is 2. The largest absolute Gasteiger partial charge is 0.396 e. The molecule has 2 atom stereocenters. The molecule has 4 aliphatic carbocycles. The van der Waals surface area contributed by atoms with Crippen molar-refractivity contribution in [1.82, 2.24) is 4.90 Å². The van der Waals surface area contributed by atoms with Crippen LogP contribution >= 0.6 is 0 Å². The van der Waals surface area contributed by atoms with Gasteiger partial charge in [-0.2, -0.15) is 0 Å². The van der Waals surface area contributed by atoms with Crippen molar-refractivity contribution in [3.05, 3.63) is 0 Å². The molecule has 0 aromatic rings. The maximum Gasteiger partial charge on any atom is 0.228 e. The Morgan fingerprint density at radius 3 is 2.37 bits per heavy atom. The van der Waals surface area contributed by atoms with Gasteiger partial charge in [-0.3, -0.25) is 4.79 Å². The molecule has 0 radical (unpaired) electrons. The summed E-state index contributed by atoms with van der Waals surface area (Å²) < 4.78 is 0. The lowest BCUT2D eigenvalue weighted by molar-refractivity contribution is -0.172. The molecule has 19 heavy (non-hydrogen) atoms. The first-order valence-corrected chi connectivity index (χ1v) is 7.92. The highest BCUT2D eigenvalue weighted by Gasteiger charge is 2.60. The van der Waals surface area contributed by atoms with Crippen LogP contribution in [0.15, 0.2) is 0 Å². The van der Waals surface area contributed by atoms with Crippen molar-refractivity contribution in [3.8, 4) is 0 Å². The van der Waals surface area contributed by atoms with E-state index in [1.807, 2.05) is 4.90 Å². The van der Waals surface area contributed by atoms with Gasteiger partial charge in [0.1, 0.15) is 0 Å². The first kappa shape index (κ1) is 12.2. The Kier molecular flexibility index (Phi) is 2.41. The van der Waals surface area contributed by atoms with Gasteiger partial charge in [-0.25, -0.2) is 0 Å². The second kappa shape index (κ2) is 3.75. The third-order valence-corrected chi connectivity index (χ3v) is 6.31. The maximum atomic E-state index is 12.9. The van der Waals surface area contributed by atoms with Crippen molar-refractivity contribution in [1.29, 1.82) is 0 Å². The standard InChI is InChI=1S/C16H25NO2/c1-15-3-11-2-12(4-15)6-16(5-11,10-15)14(19)17-7-13(8-17)9-18/h11-13,18H,2-10H2,1H3. The molecule has 106 valence electrons. The zero-order valence-corrected chi connectivity index (χ0v) is 11.9. The minimum atomic E-state index is -0.0146. The Hall–Kier alpha value is -0.570. The highest BCUT2D eigenvalue weighted by atomic mass is 16.3. The van der Waals surface area contributed by atoms with Gasteiger partial charge in [-0.05, 0) is 55.8 Å². The van der Waals surface area contributed by atoms with Gasteiger partial charge in [0.15, 0.2) is 0 Å². The number of carbonyl (C=O) groups excluding carboxylic acids is 1. The summed E-state index contributed by atoms with van der Waals surface area (Å²) in [6.45, 7) is 4.24. The molecule has 0 spiro atoms. The van der Waals surface area contributed by atoms with Crippen LogP contribution in [0, 0.1) is 28.6 Å². The van der Waals surface area contributed by atoms with Crippen LogP contribution in [0.4, 0.5) is 0 Å². The van der Waals surface area contributed by atoms with Crippen LogP contribution in [0.25, 0.3) is 0 Å². The number of amides is 1. The van der Waals surface area contributed by atoms with E-state index in [2.05, 4.69) is 6.92 Å². The van der Waals surface area contributed by atoms with Crippen LogP contribution < -0.4 is 0 Å². The molecule has 4 bridgehead atoms. The number of carbonyl (C=O) groups is 1. The zero-order chi connectivity index (χ0) is 13.3. The Bertz CT molecular complexity index is 399. The minimum absolute atomic E-state index is 0.0146. The van der Waals surface area contributed by atoms with E-state index >= 15 is 0 Å². The smallest absolute Gasteiger partial charge is 0.228 e. The van der Waals surface area contributed by atoms with Gasteiger partial charge >= 0.3 is 0 Å². The molecule has 3 nitrogen and oxygen atoms in total. The topological polar surface area (TPSA) is 40.5 Å². The summed E-state index contributed by atoms with van der Waals surface area (Å²) in [5.41, 5.74) is 0.431. The molecule has 1 heterocycles. The molecular weight excluding hydrogens is 238 g/mol. The van der Waals surface area contributed by atoms with Crippen molar-refractivity contribution in [2.24, 2.45) is 28.6 Å². The molecule has 1 N–H and O–H groups in total. The fourth-order valence-corrected chi connectivity index (χ4v) is 6.16. The molecule has 4 saturated carbocycles. The first-order chi connectivity index (χ1) is 9.02. The Balaban J connectivity index is 1.55. The molecule has 1 saturated heterocycles. The lowest BCUT2D eigenvalue weighted by Crippen LogP contribution is -2.61. The average Bonchev–Trinajstić information content (AvgIpc) is 2.23. The molecule has 0 aromatic carbocycles. The quantitative estimate of drug-likeness (QED) is 0.828. The van der Waals surface area contributed by atoms with Gasteiger partial charge in [0, 0.05) is 25.6 Å². The van der Waals surface area contributed by atoms with Gasteiger partial charge in [0.05, 0.1) is 5.41 Å². The molecular formula is C16H25NO2. The summed E-state index contributed by atoms with van der Waals surface area (Å²) in [5.74, 6) is 2.39. The van der Waals surface area contributed by atoms with Gasteiger partial charge in [0.2, 0.25) is 5.91 Å². The van der Waals surface area contributed by atoms with Crippen molar-refractivity contribution in [2.75, 3.05) is 19.7 Å². The number of rotatable bonds is 2. The third kappa shape index (κ3) is 1.70. The highest BCUT2D eigenvalue weighted by Crippen LogP contribution is 2.65. The fraction of sp³-hybridized carbons (Fsp3) is 0.938. The lowest BCUT2D eigenvalue weighted by Gasteiger charge is -2.61. The summed E-state index contributed by atoms with van der Waals surface area (Å²) >= 11 is 0. The molecule has 3 heteroatoms. The third-order valence-electron chi connectivity index (χ3n) is 6.31. The molecule has 5 fully saturated rings. The molecule has 5 rings (SSSR count). The first-order valence-electron chi connectivity index (χ1n) is 7.92. The zero-order valence-electron chi connectivity index (χ0n) is 11.9. The van der Waals surface area contributed by atoms with Crippen LogP contribution in [0.2, 0.25) is 0 Å². The van der Waals surface area contributed by atoms with E-state index in [9.17, 15) is 4.79 Å². The summed E-state index contributed by atoms with van der Waals surface area (Å²) in [4.78, 5) is 15.0. The lowest BCUT2D eigenvalue weighted by atomic mass is 9.44. The Morgan fingerprint density at radius 2 is 1.84 bits per heavy atom. The Morgan fingerprint density at radius 1 is 1.21 bits per heavy atom. The molecule has 5 aliphatic rings. The predicted octanol–water partition coefficient (Wildman–Crippen LogP) is 2.04. The second-order valence-corrected chi connectivity index (χ2v) is 8.31. The molecule has 1 amide bonds. The summed E-state index contributed by atoms with van der Waals surface area (Å²) in [6, 6.07) is 0. The van der Waals surface area contributed by atoms with Crippen molar-refractivity contribution >= 4 is 5.91 Å². The molecule has 0 aromatic heterocycles. The second-order valence-electron chi connectivity index (χ2n) is 8.31. The predicted molar refractivity (Wildman–Crippen MR) is 72.4 cm³/mol. The number of likely N-dealkylation sites (tertiary alicyclic amines) is 1. The van der Waals surface area contributed by atoms with Crippen LogP contribution in [0.5, 0.6) is 0 Å². The van der Waals surface area contributed by atoms with Crippen LogP contribution in [-0.2, 0) is 4.79 Å². The normalized spacial score (nSPS) is 48.4. The van der Waals surface area contributed by atoms with Crippen molar-refractivity contribution in [3.63, 3.8) is 0 Å². The molecule has 2 unspecified atom stereocenters.